The van der Waals surface area contributed by atoms with Crippen molar-refractivity contribution < 1.29 is 4.74 Å². The second kappa shape index (κ2) is 10.1. The van der Waals surface area contributed by atoms with Gasteiger partial charge in [0.25, 0.3) is 0 Å². The van der Waals surface area contributed by atoms with Crippen LogP contribution in [0.1, 0.15) is 37.8 Å². The van der Waals surface area contributed by atoms with E-state index in [2.05, 4.69) is 62.3 Å². The third-order valence-corrected chi connectivity index (χ3v) is 6.18. The van der Waals surface area contributed by atoms with E-state index in [1.165, 1.54) is 11.1 Å². The molecule has 1 N–H and O–H groups in total. The molecule has 1 aromatic carbocycles. The van der Waals surface area contributed by atoms with Gasteiger partial charge in [-0.15, -0.1) is 0 Å². The molecule has 1 aliphatic rings. The molecule has 0 amide bonds. The largest absolute Gasteiger partial charge is 0.381 e. The molecule has 1 fully saturated rings. The summed E-state index contributed by atoms with van der Waals surface area (Å²) in [5, 5.41) is 3.46. The maximum Gasteiger partial charge on any atom is 0.194 e. The molecule has 0 aromatic heterocycles. The van der Waals surface area contributed by atoms with Crippen molar-refractivity contribution in [3.8, 4) is 0 Å². The molecule has 0 atom stereocenters. The summed E-state index contributed by atoms with van der Waals surface area (Å²) in [6, 6.07) is 8.56. The first-order valence-corrected chi connectivity index (χ1v) is 10.3. The molecule has 1 aliphatic heterocycles. The van der Waals surface area contributed by atoms with E-state index >= 15 is 0 Å². The smallest absolute Gasteiger partial charge is 0.194 e. The standard InChI is InChI=1S/C20H33N3OS/c1-5-21-19(23(4)15-18-10-8-7-9-17(18)3)22-16-20(25-6-2)11-13-24-14-12-20/h7-10H,5-6,11-16H2,1-4H3,(H,21,22). The quantitative estimate of drug-likeness (QED) is 0.592. The van der Waals surface area contributed by atoms with E-state index in [0.717, 1.165) is 57.4 Å². The van der Waals surface area contributed by atoms with Crippen molar-refractivity contribution in [2.24, 2.45) is 4.99 Å². The number of thioether (sulfide) groups is 1. The van der Waals surface area contributed by atoms with Gasteiger partial charge < -0.3 is 15.0 Å². The zero-order valence-electron chi connectivity index (χ0n) is 16.2. The second-order valence-electron chi connectivity index (χ2n) is 6.68. The van der Waals surface area contributed by atoms with Gasteiger partial charge in [-0.1, -0.05) is 31.2 Å². The fourth-order valence-corrected chi connectivity index (χ4v) is 4.43. The minimum absolute atomic E-state index is 0.233. The molecule has 140 valence electrons. The zero-order valence-corrected chi connectivity index (χ0v) is 17.0. The summed E-state index contributed by atoms with van der Waals surface area (Å²) < 4.78 is 5.81. The summed E-state index contributed by atoms with van der Waals surface area (Å²) in [6.45, 7) is 10.9. The summed E-state index contributed by atoms with van der Waals surface area (Å²) in [7, 11) is 2.12. The first-order chi connectivity index (χ1) is 12.1. The molecule has 0 radical (unpaired) electrons. The number of aliphatic imine (C=N–C) groups is 1. The summed E-state index contributed by atoms with van der Waals surface area (Å²) >= 11 is 2.04. The minimum atomic E-state index is 0.233. The van der Waals surface area contributed by atoms with E-state index in [0.29, 0.717) is 0 Å². The van der Waals surface area contributed by atoms with Crippen LogP contribution in [-0.4, -0.2) is 54.7 Å². The van der Waals surface area contributed by atoms with E-state index < -0.39 is 0 Å². The third-order valence-electron chi connectivity index (χ3n) is 4.74. The molecule has 4 nitrogen and oxygen atoms in total. The van der Waals surface area contributed by atoms with Crippen LogP contribution in [0.5, 0.6) is 0 Å². The number of benzene rings is 1. The minimum Gasteiger partial charge on any atom is -0.381 e. The highest BCUT2D eigenvalue weighted by Crippen LogP contribution is 2.35. The molecular formula is C20H33N3OS. The average Bonchev–Trinajstić information content (AvgIpc) is 2.61. The number of nitrogens with one attached hydrogen (secondary N) is 1. The molecule has 5 heteroatoms. The highest BCUT2D eigenvalue weighted by molar-refractivity contribution is 8.00. The van der Waals surface area contributed by atoms with Crippen LogP contribution in [0.2, 0.25) is 0 Å². The van der Waals surface area contributed by atoms with Crippen LogP contribution in [0.4, 0.5) is 0 Å². The summed E-state index contributed by atoms with van der Waals surface area (Å²) in [5.41, 5.74) is 2.67. The Morgan fingerprint density at radius 1 is 1.28 bits per heavy atom. The number of hydrogen-bond acceptors (Lipinski definition) is 3. The zero-order chi connectivity index (χ0) is 18.1. The number of ether oxygens (including phenoxy) is 1. The Kier molecular flexibility index (Phi) is 8.10. The van der Waals surface area contributed by atoms with Gasteiger partial charge in [-0.25, -0.2) is 0 Å². The van der Waals surface area contributed by atoms with Gasteiger partial charge in [0.05, 0.1) is 6.54 Å². The van der Waals surface area contributed by atoms with Crippen LogP contribution >= 0.6 is 11.8 Å². The molecular weight excluding hydrogens is 330 g/mol. The number of rotatable bonds is 7. The van der Waals surface area contributed by atoms with Crippen LogP contribution in [0.3, 0.4) is 0 Å². The van der Waals surface area contributed by atoms with E-state index in [1.807, 2.05) is 11.8 Å². The number of nitrogens with zero attached hydrogens (tertiary/aromatic N) is 2. The van der Waals surface area contributed by atoms with Gasteiger partial charge in [0.15, 0.2) is 5.96 Å². The van der Waals surface area contributed by atoms with Crippen molar-refractivity contribution in [1.29, 1.82) is 0 Å². The van der Waals surface area contributed by atoms with Crippen molar-refractivity contribution in [2.45, 2.75) is 44.9 Å². The van der Waals surface area contributed by atoms with Crippen LogP contribution in [-0.2, 0) is 11.3 Å². The van der Waals surface area contributed by atoms with Crippen LogP contribution in [0, 0.1) is 6.92 Å². The van der Waals surface area contributed by atoms with E-state index in [9.17, 15) is 0 Å². The van der Waals surface area contributed by atoms with Crippen molar-refractivity contribution in [1.82, 2.24) is 10.2 Å². The first-order valence-electron chi connectivity index (χ1n) is 9.36. The highest BCUT2D eigenvalue weighted by Gasteiger charge is 2.32. The summed E-state index contributed by atoms with van der Waals surface area (Å²) in [5.74, 6) is 2.12. The molecule has 0 bridgehead atoms. The average molecular weight is 364 g/mol. The van der Waals surface area contributed by atoms with Crippen LogP contribution < -0.4 is 5.32 Å². The van der Waals surface area contributed by atoms with Gasteiger partial charge >= 0.3 is 0 Å². The fraction of sp³-hybridized carbons (Fsp3) is 0.650. The number of guanidine groups is 1. The van der Waals surface area contributed by atoms with E-state index in [-0.39, 0.29) is 4.75 Å². The van der Waals surface area contributed by atoms with Gasteiger partial charge in [-0.3, -0.25) is 4.99 Å². The fourth-order valence-electron chi connectivity index (χ4n) is 3.20. The first kappa shape index (κ1) is 20.1. The van der Waals surface area contributed by atoms with Gasteiger partial charge in [-0.2, -0.15) is 11.8 Å². The Hall–Kier alpha value is -1.20. The third kappa shape index (κ3) is 5.93. The number of aryl methyl sites for hydroxylation is 1. The molecule has 0 saturated carbocycles. The molecule has 1 heterocycles. The van der Waals surface area contributed by atoms with Gasteiger partial charge in [0, 0.05) is 38.1 Å². The Balaban J connectivity index is 2.09. The summed E-state index contributed by atoms with van der Waals surface area (Å²) in [4.78, 5) is 7.24. The van der Waals surface area contributed by atoms with Gasteiger partial charge in [0.2, 0.25) is 0 Å². The summed E-state index contributed by atoms with van der Waals surface area (Å²) in [6.07, 6.45) is 2.19. The van der Waals surface area contributed by atoms with Crippen molar-refractivity contribution in [3.05, 3.63) is 35.4 Å². The van der Waals surface area contributed by atoms with Crippen molar-refractivity contribution in [3.63, 3.8) is 0 Å². The Bertz CT molecular complexity index is 550. The van der Waals surface area contributed by atoms with E-state index in [1.54, 1.807) is 0 Å². The van der Waals surface area contributed by atoms with Crippen molar-refractivity contribution >= 4 is 17.7 Å². The Labute approximate surface area is 157 Å². The Morgan fingerprint density at radius 2 is 2.00 bits per heavy atom. The maximum atomic E-state index is 5.58. The lowest BCUT2D eigenvalue weighted by Crippen LogP contribution is -2.41. The topological polar surface area (TPSA) is 36.9 Å². The second-order valence-corrected chi connectivity index (χ2v) is 8.41. The molecule has 2 rings (SSSR count). The molecule has 1 saturated heterocycles. The van der Waals surface area contributed by atoms with E-state index in [4.69, 9.17) is 9.73 Å². The highest BCUT2D eigenvalue weighted by atomic mass is 32.2. The molecule has 0 aliphatic carbocycles. The lowest BCUT2D eigenvalue weighted by molar-refractivity contribution is 0.0793. The monoisotopic (exact) mass is 363 g/mol. The van der Waals surface area contributed by atoms with Crippen molar-refractivity contribution in [2.75, 3.05) is 39.1 Å². The Morgan fingerprint density at radius 3 is 2.64 bits per heavy atom. The molecule has 25 heavy (non-hydrogen) atoms. The SMILES string of the molecule is CCNC(=NCC1(SCC)CCOCC1)N(C)Cc1ccccc1C. The van der Waals surface area contributed by atoms with Gasteiger partial charge in [0.1, 0.15) is 0 Å². The predicted molar refractivity (Wildman–Crippen MR) is 110 cm³/mol. The lowest BCUT2D eigenvalue weighted by atomic mass is 9.99. The molecule has 0 spiro atoms. The van der Waals surface area contributed by atoms with Crippen LogP contribution in [0.15, 0.2) is 29.3 Å². The maximum absolute atomic E-state index is 5.58. The lowest BCUT2D eigenvalue weighted by Gasteiger charge is -2.35. The van der Waals surface area contributed by atoms with Gasteiger partial charge in [-0.05, 0) is 43.6 Å². The molecule has 0 unspecified atom stereocenters. The predicted octanol–water partition coefficient (Wildman–Crippen LogP) is 3.69. The van der Waals surface area contributed by atoms with Crippen LogP contribution in [0.25, 0.3) is 0 Å². The number of hydrogen-bond donors (Lipinski definition) is 1. The normalized spacial score (nSPS) is 17.4. The molecule has 1 aromatic rings.